The Morgan fingerprint density at radius 1 is 0.346 bits per heavy atom. The Bertz CT molecular complexity index is 2270. The molecule has 0 fully saturated rings. The van der Waals surface area contributed by atoms with Crippen LogP contribution in [0.5, 0.6) is 0 Å². The molecule has 6 aromatic rings. The quantitative estimate of drug-likeness (QED) is 0.147. The van der Waals surface area contributed by atoms with Crippen LogP contribution < -0.4 is 4.90 Å². The summed E-state index contributed by atoms with van der Waals surface area (Å²) in [5.74, 6) is 0. The zero-order chi connectivity index (χ0) is 35.8. The van der Waals surface area contributed by atoms with E-state index in [1.165, 1.54) is 50.4 Å². The normalized spacial score (nSPS) is 16.0. The van der Waals surface area contributed by atoms with Crippen molar-refractivity contribution in [3.8, 4) is 33.4 Å². The molecule has 1 heteroatoms. The summed E-state index contributed by atoms with van der Waals surface area (Å²) >= 11 is 0. The number of para-hydroxylation sites is 2. The molecule has 0 saturated carbocycles. The number of hydrogen-bond acceptors (Lipinski definition) is 1. The molecule has 1 nitrogen and oxygen atoms in total. The lowest BCUT2D eigenvalue weighted by Gasteiger charge is -2.37. The van der Waals surface area contributed by atoms with Gasteiger partial charge in [-0.05, 0) is 142 Å². The third-order valence-electron chi connectivity index (χ3n) is 14.1. The molecule has 0 spiro atoms. The van der Waals surface area contributed by atoms with Gasteiger partial charge in [-0.25, -0.2) is 0 Å². The molecule has 3 aliphatic carbocycles. The predicted molar refractivity (Wildman–Crippen MR) is 222 cm³/mol. The Hall–Kier alpha value is -4.88. The summed E-state index contributed by atoms with van der Waals surface area (Å²) in [6.07, 6.45) is 6.48. The van der Waals surface area contributed by atoms with Gasteiger partial charge in [-0.15, -0.1) is 0 Å². The topological polar surface area (TPSA) is 3.24 Å². The van der Waals surface area contributed by atoms with Crippen molar-refractivity contribution < 1.29 is 0 Å². The minimum absolute atomic E-state index is 0.0275. The lowest BCUT2D eigenvalue weighted by Crippen LogP contribution is -2.29. The second-order valence-corrected chi connectivity index (χ2v) is 15.4. The van der Waals surface area contributed by atoms with E-state index in [1.807, 2.05) is 0 Å². The molecule has 0 heterocycles. The maximum absolute atomic E-state index is 2.58. The third-order valence-corrected chi connectivity index (χ3v) is 14.1. The monoisotopic (exact) mass is 677 g/mol. The lowest BCUT2D eigenvalue weighted by molar-refractivity contribution is 0.473. The van der Waals surface area contributed by atoms with E-state index in [-0.39, 0.29) is 16.2 Å². The summed E-state index contributed by atoms with van der Waals surface area (Å²) in [6, 6.07) is 48.3. The summed E-state index contributed by atoms with van der Waals surface area (Å²) in [5, 5.41) is 0. The highest BCUT2D eigenvalue weighted by atomic mass is 15.1. The van der Waals surface area contributed by atoms with E-state index in [0.717, 1.165) is 38.5 Å². The van der Waals surface area contributed by atoms with Gasteiger partial charge in [-0.3, -0.25) is 0 Å². The minimum Gasteiger partial charge on any atom is -0.310 e. The molecule has 0 aromatic heterocycles. The van der Waals surface area contributed by atoms with Crippen LogP contribution in [0, 0.1) is 0 Å². The zero-order valence-corrected chi connectivity index (χ0v) is 31.8. The van der Waals surface area contributed by atoms with Gasteiger partial charge in [0, 0.05) is 33.3 Å². The van der Waals surface area contributed by atoms with Gasteiger partial charge < -0.3 is 4.90 Å². The van der Waals surface area contributed by atoms with E-state index in [1.54, 1.807) is 33.4 Å². The maximum Gasteiger partial charge on any atom is 0.0465 e. The average molecular weight is 678 g/mol. The summed E-state index contributed by atoms with van der Waals surface area (Å²) < 4.78 is 0. The Labute approximate surface area is 311 Å². The summed E-state index contributed by atoms with van der Waals surface area (Å²) in [7, 11) is 0. The van der Waals surface area contributed by atoms with Gasteiger partial charge in [0.15, 0.2) is 0 Å². The third kappa shape index (κ3) is 4.00. The van der Waals surface area contributed by atoms with Crippen molar-refractivity contribution >= 4 is 17.1 Å². The van der Waals surface area contributed by atoms with Gasteiger partial charge >= 0.3 is 0 Å². The molecule has 6 aromatic carbocycles. The fourth-order valence-corrected chi connectivity index (χ4v) is 11.5. The number of nitrogens with zero attached hydrogens (tertiary/aromatic N) is 1. The van der Waals surface area contributed by atoms with Crippen molar-refractivity contribution in [3.63, 3.8) is 0 Å². The molecule has 0 saturated heterocycles. The van der Waals surface area contributed by atoms with Gasteiger partial charge in [-0.2, -0.15) is 0 Å². The van der Waals surface area contributed by atoms with Crippen molar-refractivity contribution in [1.29, 1.82) is 0 Å². The first kappa shape index (κ1) is 33.0. The standard InChI is InChI=1S/C51H51N/c1-7-49(8-2)41-30-22-20-28-38(41)44-46(49)43-37-27-19-21-29-40(37)50(9-3,10-4)47(43)45-39-32-31-36(33-42(39)51(11-5,12-6)48(44)45)52(34-23-15-13-16-24-34)35-25-17-14-18-26-35/h13-33H,7-12H2,1-6H3. The van der Waals surface area contributed by atoms with Crippen molar-refractivity contribution in [3.05, 3.63) is 161 Å². The van der Waals surface area contributed by atoms with Crippen LogP contribution in [0.4, 0.5) is 17.1 Å². The molecular formula is C51H51N. The van der Waals surface area contributed by atoms with Gasteiger partial charge in [0.2, 0.25) is 0 Å². The molecule has 52 heavy (non-hydrogen) atoms. The Morgan fingerprint density at radius 3 is 1.10 bits per heavy atom. The fourth-order valence-electron chi connectivity index (χ4n) is 11.5. The van der Waals surface area contributed by atoms with Crippen LogP contribution in [-0.2, 0) is 16.2 Å². The minimum atomic E-state index is -0.120. The highest BCUT2D eigenvalue weighted by Crippen LogP contribution is 2.70. The van der Waals surface area contributed by atoms with Crippen LogP contribution in [0.1, 0.15) is 113 Å². The van der Waals surface area contributed by atoms with Crippen LogP contribution in [0.25, 0.3) is 33.4 Å². The van der Waals surface area contributed by atoms with Crippen LogP contribution >= 0.6 is 0 Å². The highest BCUT2D eigenvalue weighted by Gasteiger charge is 2.56. The number of anilines is 3. The molecular weight excluding hydrogens is 627 g/mol. The van der Waals surface area contributed by atoms with Gasteiger partial charge in [0.25, 0.3) is 0 Å². The second kappa shape index (κ2) is 12.1. The van der Waals surface area contributed by atoms with E-state index in [2.05, 4.69) is 174 Å². The summed E-state index contributed by atoms with van der Waals surface area (Å²) in [5.41, 5.74) is 21.9. The lowest BCUT2D eigenvalue weighted by atomic mass is 9.65. The zero-order valence-electron chi connectivity index (χ0n) is 31.8. The van der Waals surface area contributed by atoms with Gasteiger partial charge in [-0.1, -0.05) is 133 Å². The Morgan fingerprint density at radius 2 is 0.692 bits per heavy atom. The Kier molecular flexibility index (Phi) is 7.67. The van der Waals surface area contributed by atoms with Crippen molar-refractivity contribution in [2.45, 2.75) is 96.3 Å². The number of hydrogen-bond donors (Lipinski definition) is 0. The van der Waals surface area contributed by atoms with E-state index < -0.39 is 0 Å². The predicted octanol–water partition coefficient (Wildman–Crippen LogP) is 14.4. The smallest absolute Gasteiger partial charge is 0.0465 e. The molecule has 0 N–H and O–H groups in total. The number of benzene rings is 6. The van der Waals surface area contributed by atoms with E-state index >= 15 is 0 Å². The highest BCUT2D eigenvalue weighted by molar-refractivity contribution is 6.05. The van der Waals surface area contributed by atoms with Gasteiger partial charge in [0.1, 0.15) is 0 Å². The Balaban J connectivity index is 1.45. The molecule has 0 aliphatic heterocycles. The number of fused-ring (bicyclic) bond motifs is 12. The largest absolute Gasteiger partial charge is 0.310 e. The van der Waals surface area contributed by atoms with Crippen molar-refractivity contribution in [2.24, 2.45) is 0 Å². The molecule has 9 rings (SSSR count). The first-order valence-electron chi connectivity index (χ1n) is 20.0. The first-order valence-corrected chi connectivity index (χ1v) is 20.0. The summed E-state index contributed by atoms with van der Waals surface area (Å²) in [4.78, 5) is 2.45. The van der Waals surface area contributed by atoms with Crippen LogP contribution in [-0.4, -0.2) is 0 Å². The molecule has 260 valence electrons. The fraction of sp³-hybridized carbons (Fsp3) is 0.294. The van der Waals surface area contributed by atoms with Crippen LogP contribution in [0.15, 0.2) is 127 Å². The van der Waals surface area contributed by atoms with Crippen molar-refractivity contribution in [2.75, 3.05) is 4.90 Å². The van der Waals surface area contributed by atoms with E-state index in [9.17, 15) is 0 Å². The number of rotatable bonds is 9. The van der Waals surface area contributed by atoms with E-state index in [4.69, 9.17) is 0 Å². The van der Waals surface area contributed by atoms with Crippen LogP contribution in [0.2, 0.25) is 0 Å². The first-order chi connectivity index (χ1) is 25.5. The van der Waals surface area contributed by atoms with E-state index in [0.29, 0.717) is 0 Å². The summed E-state index contributed by atoms with van der Waals surface area (Å²) in [6.45, 7) is 14.7. The van der Waals surface area contributed by atoms with Crippen LogP contribution in [0.3, 0.4) is 0 Å². The van der Waals surface area contributed by atoms with Crippen molar-refractivity contribution in [1.82, 2.24) is 0 Å². The second-order valence-electron chi connectivity index (χ2n) is 15.4. The molecule has 0 bridgehead atoms. The molecule has 0 atom stereocenters. The maximum atomic E-state index is 2.58. The van der Waals surface area contributed by atoms with Gasteiger partial charge in [0.05, 0.1) is 0 Å². The SMILES string of the molecule is CCC1(CC)c2ccccc2-c2c1c1c(c3c2C(CC)(CC)c2cc(N(c4ccccc4)c4ccccc4)ccc2-3)C(CC)(CC)c2ccccc2-1. The average Bonchev–Trinajstić information content (AvgIpc) is 3.78. The molecule has 0 radical (unpaired) electrons. The molecule has 0 unspecified atom stereocenters. The molecule has 3 aliphatic rings. The molecule has 0 amide bonds.